The van der Waals surface area contributed by atoms with Gasteiger partial charge in [0.2, 0.25) is 11.8 Å². The average molecular weight is 603 g/mol. The van der Waals surface area contributed by atoms with Crippen LogP contribution in [0.15, 0.2) is 53.9 Å². The molecule has 0 saturated carbocycles. The lowest BCUT2D eigenvalue weighted by Gasteiger charge is -2.32. The van der Waals surface area contributed by atoms with Gasteiger partial charge in [-0.2, -0.15) is 0 Å². The number of likely N-dealkylation sites (tertiary alicyclic amines) is 1. The van der Waals surface area contributed by atoms with E-state index in [1.165, 1.54) is 17.4 Å². The van der Waals surface area contributed by atoms with Crippen LogP contribution >= 0.6 is 34.5 Å². The molecule has 3 amide bonds. The van der Waals surface area contributed by atoms with Gasteiger partial charge in [-0.1, -0.05) is 41.4 Å². The first-order chi connectivity index (χ1) is 19.2. The van der Waals surface area contributed by atoms with Crippen molar-refractivity contribution in [2.45, 2.75) is 31.7 Å². The van der Waals surface area contributed by atoms with Gasteiger partial charge in [0.15, 0.2) is 0 Å². The molecule has 1 atom stereocenters. The molecule has 3 N–H and O–H groups in total. The molecule has 1 aliphatic heterocycles. The lowest BCUT2D eigenvalue weighted by atomic mass is 9.98. The summed E-state index contributed by atoms with van der Waals surface area (Å²) in [6.07, 6.45) is 4.09. The predicted octanol–water partition coefficient (Wildman–Crippen LogP) is 5.24. The van der Waals surface area contributed by atoms with E-state index in [0.29, 0.717) is 47.1 Å². The van der Waals surface area contributed by atoms with E-state index in [2.05, 4.69) is 10.6 Å². The van der Waals surface area contributed by atoms with E-state index in [1.54, 1.807) is 41.3 Å². The molecule has 2 heterocycles. The first-order valence-electron chi connectivity index (χ1n) is 12.9. The van der Waals surface area contributed by atoms with Crippen molar-refractivity contribution >= 4 is 74.4 Å². The number of hydrogen-bond donors (Lipinski definition) is 3. The van der Waals surface area contributed by atoms with E-state index in [9.17, 15) is 24.3 Å². The summed E-state index contributed by atoms with van der Waals surface area (Å²) in [7, 11) is 0. The van der Waals surface area contributed by atoms with Crippen LogP contribution in [0.5, 0.6) is 0 Å². The van der Waals surface area contributed by atoms with E-state index in [1.807, 2.05) is 17.5 Å². The second-order valence-electron chi connectivity index (χ2n) is 9.58. The summed E-state index contributed by atoms with van der Waals surface area (Å²) in [6, 6.07) is 12.3. The van der Waals surface area contributed by atoms with E-state index < -0.39 is 11.9 Å². The quantitative estimate of drug-likeness (QED) is 0.275. The van der Waals surface area contributed by atoms with E-state index >= 15 is 0 Å². The van der Waals surface area contributed by atoms with Gasteiger partial charge in [0.1, 0.15) is 0 Å². The molecule has 3 aromatic rings. The fourth-order valence-corrected chi connectivity index (χ4v) is 6.05. The first-order valence-corrected chi connectivity index (χ1v) is 14.5. The number of thiophene rings is 1. The lowest BCUT2D eigenvalue weighted by molar-refractivity contribution is -0.141. The SMILES string of the molecule is O=C(O)CC(CCNC(=O)c1ccccc1)C(=O)NC1CCN(C(=O)C=Cc2cc3ccsc3c(Cl)c2Cl)CC1. The van der Waals surface area contributed by atoms with E-state index in [0.717, 1.165) is 10.1 Å². The maximum atomic E-state index is 12.9. The highest BCUT2D eigenvalue weighted by Gasteiger charge is 2.27. The summed E-state index contributed by atoms with van der Waals surface area (Å²) < 4.78 is 0.904. The van der Waals surface area contributed by atoms with Gasteiger partial charge in [0.05, 0.1) is 27.1 Å². The fourth-order valence-electron chi connectivity index (χ4n) is 4.61. The number of hydrogen-bond acceptors (Lipinski definition) is 5. The molecule has 8 nitrogen and oxygen atoms in total. The number of nitrogens with zero attached hydrogens (tertiary/aromatic N) is 1. The number of carboxylic acid groups (broad SMARTS) is 1. The third-order valence-electron chi connectivity index (χ3n) is 6.82. The van der Waals surface area contributed by atoms with Gasteiger partial charge < -0.3 is 20.6 Å². The van der Waals surface area contributed by atoms with Crippen molar-refractivity contribution in [3.05, 3.63) is 75.1 Å². The molecule has 1 unspecified atom stereocenters. The Balaban J connectivity index is 1.26. The zero-order chi connectivity index (χ0) is 28.6. The Morgan fingerprint density at radius 1 is 1.07 bits per heavy atom. The number of benzene rings is 2. The van der Waals surface area contributed by atoms with Crippen LogP contribution in [-0.2, 0) is 14.4 Å². The average Bonchev–Trinajstić information content (AvgIpc) is 3.43. The molecule has 1 aliphatic rings. The van der Waals surface area contributed by atoms with Crippen molar-refractivity contribution in [3.63, 3.8) is 0 Å². The number of fused-ring (bicyclic) bond motifs is 1. The molecule has 40 heavy (non-hydrogen) atoms. The molecule has 0 spiro atoms. The van der Waals surface area contributed by atoms with Gasteiger partial charge in [-0.3, -0.25) is 19.2 Å². The third-order valence-corrected chi connectivity index (χ3v) is 8.76. The Morgan fingerprint density at radius 2 is 1.80 bits per heavy atom. The second-order valence-corrected chi connectivity index (χ2v) is 11.3. The monoisotopic (exact) mass is 601 g/mol. The van der Waals surface area contributed by atoms with Gasteiger partial charge in [-0.25, -0.2) is 0 Å². The molecule has 2 aromatic carbocycles. The maximum Gasteiger partial charge on any atom is 0.304 e. The zero-order valence-corrected chi connectivity index (χ0v) is 23.9. The molecule has 210 valence electrons. The Bertz CT molecular complexity index is 1420. The van der Waals surface area contributed by atoms with Crippen molar-refractivity contribution in [3.8, 4) is 0 Å². The smallest absolute Gasteiger partial charge is 0.304 e. The van der Waals surface area contributed by atoms with Crippen LogP contribution in [0.4, 0.5) is 0 Å². The molecular weight excluding hydrogens is 573 g/mol. The molecular formula is C29H29Cl2N3O5S. The van der Waals surface area contributed by atoms with Crippen molar-refractivity contribution in [1.82, 2.24) is 15.5 Å². The molecule has 0 radical (unpaired) electrons. The minimum Gasteiger partial charge on any atom is -0.481 e. The van der Waals surface area contributed by atoms with E-state index in [4.69, 9.17) is 23.2 Å². The van der Waals surface area contributed by atoms with Gasteiger partial charge in [-0.05, 0) is 65.9 Å². The number of carboxylic acids is 1. The molecule has 4 rings (SSSR count). The largest absolute Gasteiger partial charge is 0.481 e. The fraction of sp³-hybridized carbons (Fsp3) is 0.310. The molecule has 1 aromatic heterocycles. The van der Waals surface area contributed by atoms with Gasteiger partial charge >= 0.3 is 5.97 Å². The second kappa shape index (κ2) is 13.8. The van der Waals surface area contributed by atoms with Crippen LogP contribution in [-0.4, -0.2) is 59.4 Å². The number of nitrogens with one attached hydrogen (secondary N) is 2. The Labute approximate surface area is 245 Å². The molecule has 1 fully saturated rings. The molecule has 0 bridgehead atoms. The van der Waals surface area contributed by atoms with Crippen molar-refractivity contribution in [2.75, 3.05) is 19.6 Å². The summed E-state index contributed by atoms with van der Waals surface area (Å²) in [4.78, 5) is 51.0. The van der Waals surface area contributed by atoms with Gasteiger partial charge in [-0.15, -0.1) is 11.3 Å². The van der Waals surface area contributed by atoms with Gasteiger partial charge in [0.25, 0.3) is 5.91 Å². The number of carbonyl (C=O) groups excluding carboxylic acids is 3. The van der Waals surface area contributed by atoms with E-state index in [-0.39, 0.29) is 43.1 Å². The van der Waals surface area contributed by atoms with Crippen LogP contribution in [0, 0.1) is 5.92 Å². The van der Waals surface area contributed by atoms with Crippen LogP contribution in [0.3, 0.4) is 0 Å². The molecule has 0 aliphatic carbocycles. The summed E-state index contributed by atoms with van der Waals surface area (Å²) in [6.45, 7) is 1.07. The third kappa shape index (κ3) is 7.62. The van der Waals surface area contributed by atoms with Crippen LogP contribution in [0.25, 0.3) is 16.2 Å². The van der Waals surface area contributed by atoms with Gasteiger partial charge in [0, 0.05) is 37.3 Å². The Kier molecular flexibility index (Phi) is 10.2. The minimum absolute atomic E-state index is 0.166. The minimum atomic E-state index is -1.08. The predicted molar refractivity (Wildman–Crippen MR) is 158 cm³/mol. The topological polar surface area (TPSA) is 116 Å². The maximum absolute atomic E-state index is 12.9. The summed E-state index contributed by atoms with van der Waals surface area (Å²) in [5.41, 5.74) is 1.16. The highest BCUT2D eigenvalue weighted by molar-refractivity contribution is 7.18. The summed E-state index contributed by atoms with van der Waals surface area (Å²) >= 11 is 14.3. The number of rotatable bonds is 10. The zero-order valence-electron chi connectivity index (χ0n) is 21.6. The lowest BCUT2D eigenvalue weighted by Crippen LogP contribution is -2.48. The van der Waals surface area contributed by atoms with Crippen LogP contribution in [0.2, 0.25) is 10.0 Å². The number of amides is 3. The highest BCUT2D eigenvalue weighted by Crippen LogP contribution is 2.37. The number of carbonyl (C=O) groups is 4. The van der Waals surface area contributed by atoms with Crippen molar-refractivity contribution < 1.29 is 24.3 Å². The Morgan fingerprint density at radius 3 is 2.50 bits per heavy atom. The van der Waals surface area contributed by atoms with Crippen molar-refractivity contribution in [1.29, 1.82) is 0 Å². The van der Waals surface area contributed by atoms with Crippen LogP contribution in [0.1, 0.15) is 41.6 Å². The number of halogens is 2. The number of aliphatic carboxylic acids is 1. The number of piperidine rings is 1. The standard InChI is InChI=1S/C29H29Cl2N3O5S/c30-25-19(16-20-11-15-40-27(20)26(25)31)6-7-23(35)34-13-9-22(10-14-34)33-29(39)21(17-24(36)37)8-12-32-28(38)18-4-2-1-3-5-18/h1-7,11,15-16,21-22H,8-10,12-14,17H2,(H,32,38)(H,33,39)(H,36,37). The highest BCUT2D eigenvalue weighted by atomic mass is 35.5. The summed E-state index contributed by atoms with van der Waals surface area (Å²) in [5.74, 6) is -2.68. The van der Waals surface area contributed by atoms with Crippen LogP contribution < -0.4 is 10.6 Å². The normalized spacial score (nSPS) is 14.8. The molecule has 11 heteroatoms. The van der Waals surface area contributed by atoms with Crippen molar-refractivity contribution in [2.24, 2.45) is 5.92 Å². The molecule has 1 saturated heterocycles. The summed E-state index contributed by atoms with van der Waals surface area (Å²) in [5, 5.41) is 18.7. The Hall–Kier alpha value is -3.40. The first kappa shape index (κ1) is 29.6.